The fourth-order valence-corrected chi connectivity index (χ4v) is 6.38. The molecule has 0 spiro atoms. The van der Waals surface area contributed by atoms with Crippen LogP contribution in [0.15, 0.2) is 133 Å². The average molecular weight is 563 g/mol. The van der Waals surface area contributed by atoms with Gasteiger partial charge in [0.05, 0.1) is 28.3 Å². The average Bonchev–Trinajstić information content (AvgIpc) is 3.48. The summed E-state index contributed by atoms with van der Waals surface area (Å²) in [5.41, 5.74) is 10.7. The monoisotopic (exact) mass is 562 g/mol. The maximum Gasteiger partial charge on any atom is 0.146 e. The smallest absolute Gasteiger partial charge is 0.146 e. The van der Waals surface area contributed by atoms with Gasteiger partial charge in [-0.2, -0.15) is 5.26 Å². The van der Waals surface area contributed by atoms with E-state index in [0.717, 1.165) is 77.4 Å². The van der Waals surface area contributed by atoms with Crippen molar-refractivity contribution >= 4 is 55.2 Å². The van der Waals surface area contributed by atoms with E-state index >= 15 is 0 Å². The second kappa shape index (κ2) is 10.0. The zero-order valence-corrected chi connectivity index (χ0v) is 24.1. The summed E-state index contributed by atoms with van der Waals surface area (Å²) in [5.74, 6) is 0. The van der Waals surface area contributed by atoms with E-state index in [4.69, 9.17) is 9.97 Å². The molecule has 0 bridgehead atoms. The fourth-order valence-electron chi connectivity index (χ4n) is 6.38. The quantitative estimate of drug-likeness (QED) is 0.122. The zero-order valence-electron chi connectivity index (χ0n) is 24.1. The Labute approximate surface area is 254 Å². The van der Waals surface area contributed by atoms with Gasteiger partial charge in [0.25, 0.3) is 0 Å². The standard InChI is InChI=1S/C40H26N4/c1-25(24-41)15-21-30-26(2)44-38-14-8-7-13-37(38)43-40(44)34-22-20-29(23-35(30)34)27-16-18-28(19-17-27)39-33-11-4-3-9-31(33)32-10-5-6-12-36(32)42-39/h3-23H,1H2,2H3/b21-15-. The minimum atomic E-state index is 0.412. The van der Waals surface area contributed by atoms with Crippen molar-refractivity contribution in [3.05, 3.63) is 145 Å². The Morgan fingerprint density at radius 2 is 1.34 bits per heavy atom. The maximum atomic E-state index is 9.36. The molecular weight excluding hydrogens is 536 g/mol. The molecule has 8 aromatic rings. The van der Waals surface area contributed by atoms with Gasteiger partial charge in [0.1, 0.15) is 5.65 Å². The van der Waals surface area contributed by atoms with Crippen LogP contribution in [0.2, 0.25) is 0 Å². The van der Waals surface area contributed by atoms with Gasteiger partial charge in [0, 0.05) is 38.6 Å². The van der Waals surface area contributed by atoms with Crippen molar-refractivity contribution in [3.8, 4) is 28.5 Å². The predicted molar refractivity (Wildman–Crippen MR) is 182 cm³/mol. The van der Waals surface area contributed by atoms with Crippen LogP contribution in [0.5, 0.6) is 0 Å². The van der Waals surface area contributed by atoms with Crippen molar-refractivity contribution in [1.82, 2.24) is 14.4 Å². The lowest BCUT2D eigenvalue weighted by atomic mass is 9.95. The number of benzene rings is 5. The number of fused-ring (bicyclic) bond motifs is 8. The number of rotatable bonds is 4. The van der Waals surface area contributed by atoms with Crippen LogP contribution in [0.1, 0.15) is 11.3 Å². The zero-order chi connectivity index (χ0) is 29.8. The number of para-hydroxylation sites is 3. The number of aryl methyl sites for hydroxylation is 1. The van der Waals surface area contributed by atoms with E-state index < -0.39 is 0 Å². The lowest BCUT2D eigenvalue weighted by Crippen LogP contribution is -1.98. The number of nitrogens with zero attached hydrogens (tertiary/aromatic N) is 4. The van der Waals surface area contributed by atoms with Crippen LogP contribution in [0, 0.1) is 18.3 Å². The molecule has 0 atom stereocenters. The molecular formula is C40H26N4. The first kappa shape index (κ1) is 25.6. The molecule has 8 rings (SSSR count). The van der Waals surface area contributed by atoms with E-state index in [2.05, 4.69) is 115 Å². The number of nitriles is 1. The normalized spacial score (nSPS) is 11.7. The third kappa shape index (κ3) is 3.99. The molecule has 44 heavy (non-hydrogen) atoms. The first-order valence-corrected chi connectivity index (χ1v) is 14.6. The van der Waals surface area contributed by atoms with Crippen molar-refractivity contribution in [2.75, 3.05) is 0 Å². The molecule has 0 aliphatic carbocycles. The third-order valence-electron chi connectivity index (χ3n) is 8.53. The van der Waals surface area contributed by atoms with Gasteiger partial charge in [-0.1, -0.05) is 97.6 Å². The highest BCUT2D eigenvalue weighted by atomic mass is 15.0. The van der Waals surface area contributed by atoms with E-state index in [1.54, 1.807) is 6.08 Å². The second-order valence-electron chi connectivity index (χ2n) is 11.1. The Morgan fingerprint density at radius 3 is 2.14 bits per heavy atom. The summed E-state index contributed by atoms with van der Waals surface area (Å²) in [5, 5.41) is 15.0. The maximum absolute atomic E-state index is 9.36. The third-order valence-corrected chi connectivity index (χ3v) is 8.53. The van der Waals surface area contributed by atoms with Crippen LogP contribution >= 0.6 is 0 Å². The molecule has 3 heterocycles. The first-order valence-electron chi connectivity index (χ1n) is 14.6. The molecule has 3 aromatic heterocycles. The Balaban J connectivity index is 1.29. The largest absolute Gasteiger partial charge is 0.296 e. The lowest BCUT2D eigenvalue weighted by molar-refractivity contribution is 1.13. The molecule has 0 saturated carbocycles. The summed E-state index contributed by atoms with van der Waals surface area (Å²) in [6.07, 6.45) is 3.79. The van der Waals surface area contributed by atoms with Crippen LogP contribution < -0.4 is 0 Å². The van der Waals surface area contributed by atoms with Crippen LogP contribution in [-0.2, 0) is 0 Å². The van der Waals surface area contributed by atoms with Crippen LogP contribution in [0.4, 0.5) is 0 Å². The van der Waals surface area contributed by atoms with Gasteiger partial charge >= 0.3 is 0 Å². The summed E-state index contributed by atoms with van der Waals surface area (Å²) in [6, 6.07) is 42.4. The van der Waals surface area contributed by atoms with Crippen molar-refractivity contribution in [3.63, 3.8) is 0 Å². The van der Waals surface area contributed by atoms with E-state index in [-0.39, 0.29) is 0 Å². The molecule has 0 N–H and O–H groups in total. The van der Waals surface area contributed by atoms with E-state index in [1.165, 1.54) is 5.39 Å². The number of aromatic nitrogens is 3. The van der Waals surface area contributed by atoms with Crippen molar-refractivity contribution < 1.29 is 0 Å². The highest BCUT2D eigenvalue weighted by Gasteiger charge is 2.16. The Morgan fingerprint density at radius 1 is 0.682 bits per heavy atom. The van der Waals surface area contributed by atoms with Gasteiger partial charge in [0.2, 0.25) is 0 Å². The van der Waals surface area contributed by atoms with E-state index in [0.29, 0.717) is 5.57 Å². The van der Waals surface area contributed by atoms with Crippen molar-refractivity contribution in [1.29, 1.82) is 5.26 Å². The Hall–Kier alpha value is -6.05. The fraction of sp³-hybridized carbons (Fsp3) is 0.0250. The van der Waals surface area contributed by atoms with E-state index in [1.807, 2.05) is 30.3 Å². The Bertz CT molecular complexity index is 2530. The van der Waals surface area contributed by atoms with Crippen LogP contribution in [-0.4, -0.2) is 14.4 Å². The van der Waals surface area contributed by atoms with Gasteiger partial charge in [-0.3, -0.25) is 4.40 Å². The molecule has 0 unspecified atom stereocenters. The molecule has 0 aliphatic rings. The number of imidazole rings is 1. The van der Waals surface area contributed by atoms with E-state index in [9.17, 15) is 5.26 Å². The van der Waals surface area contributed by atoms with Crippen LogP contribution in [0.25, 0.3) is 77.6 Å². The number of hydrogen-bond donors (Lipinski definition) is 0. The minimum absolute atomic E-state index is 0.412. The second-order valence-corrected chi connectivity index (χ2v) is 11.1. The molecule has 5 aromatic carbocycles. The van der Waals surface area contributed by atoms with Gasteiger partial charge in [0.15, 0.2) is 0 Å². The molecule has 0 fully saturated rings. The molecule has 4 nitrogen and oxygen atoms in total. The molecule has 206 valence electrons. The van der Waals surface area contributed by atoms with Gasteiger partial charge in [-0.25, -0.2) is 9.97 Å². The summed E-state index contributed by atoms with van der Waals surface area (Å²) in [4.78, 5) is 10.1. The number of pyridine rings is 2. The lowest BCUT2D eigenvalue weighted by Gasteiger charge is -2.14. The minimum Gasteiger partial charge on any atom is -0.296 e. The molecule has 0 saturated heterocycles. The Kier molecular flexibility index (Phi) is 5.85. The van der Waals surface area contributed by atoms with Crippen molar-refractivity contribution in [2.24, 2.45) is 0 Å². The SMILES string of the molecule is C=C(C#N)/C=C\c1c(C)n2c3ccccc3nc2c2ccc(-c3ccc(-c4nc5ccccc5c5ccccc45)cc3)cc12. The number of hydrogen-bond acceptors (Lipinski definition) is 3. The molecule has 0 aliphatic heterocycles. The van der Waals surface area contributed by atoms with Crippen LogP contribution in [0.3, 0.4) is 0 Å². The predicted octanol–water partition coefficient (Wildman–Crippen LogP) is 10.1. The van der Waals surface area contributed by atoms with Gasteiger partial charge < -0.3 is 0 Å². The van der Waals surface area contributed by atoms with Gasteiger partial charge in [-0.15, -0.1) is 0 Å². The summed E-state index contributed by atoms with van der Waals surface area (Å²) < 4.78 is 2.21. The topological polar surface area (TPSA) is 54.0 Å². The summed E-state index contributed by atoms with van der Waals surface area (Å²) in [6.45, 7) is 5.97. The van der Waals surface area contributed by atoms with Crippen molar-refractivity contribution in [2.45, 2.75) is 6.92 Å². The number of allylic oxidation sites excluding steroid dienone is 2. The molecule has 0 amide bonds. The first-order chi connectivity index (χ1) is 21.6. The van der Waals surface area contributed by atoms with Gasteiger partial charge in [-0.05, 0) is 65.2 Å². The highest BCUT2D eigenvalue weighted by Crippen LogP contribution is 2.36. The summed E-state index contributed by atoms with van der Waals surface area (Å²) in [7, 11) is 0. The molecule has 0 radical (unpaired) electrons. The highest BCUT2D eigenvalue weighted by molar-refractivity contribution is 6.11. The molecule has 4 heteroatoms. The summed E-state index contributed by atoms with van der Waals surface area (Å²) >= 11 is 0.